The number of amides is 2. The van der Waals surface area contributed by atoms with E-state index < -0.39 is 10.0 Å². The molecule has 1 aromatic rings. The van der Waals surface area contributed by atoms with E-state index in [1.807, 2.05) is 0 Å². The Hall–Kier alpha value is -1.68. The molecule has 0 saturated carbocycles. The monoisotopic (exact) mass is 376 g/mol. The molecule has 2 amide bonds. The quantitative estimate of drug-likeness (QED) is 0.640. The Bertz CT molecular complexity index is 696. The van der Waals surface area contributed by atoms with E-state index in [0.717, 1.165) is 4.31 Å². The molecule has 1 saturated heterocycles. The van der Waals surface area contributed by atoms with Crippen molar-refractivity contribution in [3.63, 3.8) is 0 Å². The van der Waals surface area contributed by atoms with Gasteiger partial charge in [-0.25, -0.2) is 8.42 Å². The van der Waals surface area contributed by atoms with Crippen molar-refractivity contribution < 1.29 is 18.0 Å². The van der Waals surface area contributed by atoms with Crippen molar-refractivity contribution in [3.8, 4) is 0 Å². The highest BCUT2D eigenvalue weighted by atomic mass is 35.5. The maximum atomic E-state index is 12.6. The molecule has 1 fully saturated rings. The third kappa shape index (κ3) is 5.17. The molecule has 0 unspecified atom stereocenters. The van der Waals surface area contributed by atoms with Crippen molar-refractivity contribution in [2.75, 3.05) is 31.5 Å². The maximum Gasteiger partial charge on any atom is 0.243 e. The minimum Gasteiger partial charge on any atom is -0.354 e. The zero-order valence-electron chi connectivity index (χ0n) is 13.0. The molecule has 1 aliphatic rings. The molecular formula is C14H21ClN4O4S. The molecule has 0 aliphatic carbocycles. The lowest BCUT2D eigenvalue weighted by molar-refractivity contribution is -0.122. The Kier molecular flexibility index (Phi) is 7.61. The third-order valence-corrected chi connectivity index (χ3v) is 5.21. The Morgan fingerprint density at radius 2 is 2.12 bits per heavy atom. The number of carbonyl (C=O) groups is 2. The Balaban J connectivity index is 0.00000288. The van der Waals surface area contributed by atoms with Crippen LogP contribution in [0.15, 0.2) is 29.2 Å². The fourth-order valence-corrected chi connectivity index (χ4v) is 3.63. The van der Waals surface area contributed by atoms with Gasteiger partial charge in [0.2, 0.25) is 21.8 Å². The summed E-state index contributed by atoms with van der Waals surface area (Å²) in [5.74, 6) is -0.548. The van der Waals surface area contributed by atoms with Gasteiger partial charge in [0.05, 0.1) is 11.4 Å². The summed E-state index contributed by atoms with van der Waals surface area (Å²) >= 11 is 0. The smallest absolute Gasteiger partial charge is 0.243 e. The van der Waals surface area contributed by atoms with Crippen LogP contribution in [0.4, 0.5) is 5.69 Å². The largest absolute Gasteiger partial charge is 0.354 e. The molecule has 4 N–H and O–H groups in total. The average Bonchev–Trinajstić information content (AvgIpc) is 2.53. The van der Waals surface area contributed by atoms with E-state index in [0.29, 0.717) is 18.7 Å². The first kappa shape index (κ1) is 20.4. The van der Waals surface area contributed by atoms with Crippen LogP contribution in [0.2, 0.25) is 0 Å². The highest BCUT2D eigenvalue weighted by Crippen LogP contribution is 2.20. The number of halogens is 1. The first-order chi connectivity index (χ1) is 10.9. The number of benzene rings is 1. The second-order valence-corrected chi connectivity index (χ2v) is 7.09. The number of piperazine rings is 1. The standard InChI is InChI=1S/C14H20N4O4S.ClH/c15-6-2-5-13(19)17-11-3-1-4-12(9-11)23(21,22)18-8-7-16-14(20)10-18;/h1,3-4,9H,2,5-8,10,15H2,(H,16,20)(H,17,19);1H. The summed E-state index contributed by atoms with van der Waals surface area (Å²) in [6, 6.07) is 6.00. The minimum absolute atomic E-state index is 0. The van der Waals surface area contributed by atoms with Crippen molar-refractivity contribution in [1.29, 1.82) is 0 Å². The zero-order valence-corrected chi connectivity index (χ0v) is 14.7. The van der Waals surface area contributed by atoms with E-state index in [9.17, 15) is 18.0 Å². The van der Waals surface area contributed by atoms with Crippen LogP contribution in [0.1, 0.15) is 12.8 Å². The summed E-state index contributed by atoms with van der Waals surface area (Å²) in [4.78, 5) is 23.1. The molecule has 0 atom stereocenters. The van der Waals surface area contributed by atoms with Crippen LogP contribution in [0, 0.1) is 0 Å². The van der Waals surface area contributed by atoms with Gasteiger partial charge in [-0.3, -0.25) is 9.59 Å². The van der Waals surface area contributed by atoms with Crippen molar-refractivity contribution in [1.82, 2.24) is 9.62 Å². The number of rotatable bonds is 6. The molecule has 0 radical (unpaired) electrons. The average molecular weight is 377 g/mol. The van der Waals surface area contributed by atoms with Gasteiger partial charge in [0.15, 0.2) is 0 Å². The van der Waals surface area contributed by atoms with Crippen molar-refractivity contribution in [2.24, 2.45) is 5.73 Å². The molecular weight excluding hydrogens is 356 g/mol. The first-order valence-corrected chi connectivity index (χ1v) is 8.74. The number of anilines is 1. The van der Waals surface area contributed by atoms with Gasteiger partial charge < -0.3 is 16.4 Å². The number of carbonyl (C=O) groups excluding carboxylic acids is 2. The molecule has 2 rings (SSSR count). The molecule has 10 heteroatoms. The molecule has 24 heavy (non-hydrogen) atoms. The molecule has 1 aliphatic heterocycles. The molecule has 0 aromatic heterocycles. The topological polar surface area (TPSA) is 122 Å². The maximum absolute atomic E-state index is 12.6. The summed E-state index contributed by atoms with van der Waals surface area (Å²) in [5, 5.41) is 5.22. The van der Waals surface area contributed by atoms with Crippen molar-refractivity contribution in [2.45, 2.75) is 17.7 Å². The summed E-state index contributed by atoms with van der Waals surface area (Å²) in [7, 11) is -3.77. The second-order valence-electron chi connectivity index (χ2n) is 5.16. The summed E-state index contributed by atoms with van der Waals surface area (Å²) in [6.07, 6.45) is 0.840. The molecule has 0 bridgehead atoms. The van der Waals surface area contributed by atoms with Crippen LogP contribution in [-0.4, -0.2) is 50.7 Å². The fraction of sp³-hybridized carbons (Fsp3) is 0.429. The minimum atomic E-state index is -3.77. The van der Waals surface area contributed by atoms with E-state index >= 15 is 0 Å². The fourth-order valence-electron chi connectivity index (χ4n) is 2.19. The van der Waals surface area contributed by atoms with Gasteiger partial charge in [0.25, 0.3) is 0 Å². The van der Waals surface area contributed by atoms with Gasteiger partial charge >= 0.3 is 0 Å². The summed E-state index contributed by atoms with van der Waals surface area (Å²) in [6.45, 7) is 0.725. The van der Waals surface area contributed by atoms with E-state index in [1.54, 1.807) is 12.1 Å². The van der Waals surface area contributed by atoms with Gasteiger partial charge in [0, 0.05) is 25.2 Å². The van der Waals surface area contributed by atoms with Gasteiger partial charge in [-0.2, -0.15) is 4.31 Å². The van der Waals surface area contributed by atoms with Gasteiger partial charge in [-0.15, -0.1) is 12.4 Å². The van der Waals surface area contributed by atoms with Crippen molar-refractivity contribution in [3.05, 3.63) is 24.3 Å². The number of nitrogens with zero attached hydrogens (tertiary/aromatic N) is 1. The highest BCUT2D eigenvalue weighted by Gasteiger charge is 2.29. The number of hydrogen-bond acceptors (Lipinski definition) is 5. The van der Waals surface area contributed by atoms with E-state index in [1.165, 1.54) is 12.1 Å². The number of nitrogens with two attached hydrogens (primary N) is 1. The second kappa shape index (κ2) is 8.97. The molecule has 134 valence electrons. The number of sulfonamides is 1. The lowest BCUT2D eigenvalue weighted by Gasteiger charge is -2.26. The summed E-state index contributed by atoms with van der Waals surface area (Å²) < 4.78 is 26.2. The van der Waals surface area contributed by atoms with Crippen LogP contribution >= 0.6 is 12.4 Å². The lowest BCUT2D eigenvalue weighted by atomic mass is 10.2. The first-order valence-electron chi connectivity index (χ1n) is 7.30. The summed E-state index contributed by atoms with van der Waals surface area (Å²) in [5.41, 5.74) is 5.75. The predicted octanol–water partition coefficient (Wildman–Crippen LogP) is -0.0937. The van der Waals surface area contributed by atoms with Crippen LogP contribution in [0.3, 0.4) is 0 Å². The van der Waals surface area contributed by atoms with Crippen molar-refractivity contribution >= 4 is 39.9 Å². The Morgan fingerprint density at radius 1 is 1.38 bits per heavy atom. The molecule has 0 spiro atoms. The lowest BCUT2D eigenvalue weighted by Crippen LogP contribution is -2.49. The molecule has 8 nitrogen and oxygen atoms in total. The van der Waals surface area contributed by atoms with Crippen LogP contribution in [0.5, 0.6) is 0 Å². The van der Waals surface area contributed by atoms with Gasteiger partial charge in [0.1, 0.15) is 0 Å². The van der Waals surface area contributed by atoms with Gasteiger partial charge in [-0.05, 0) is 31.2 Å². The van der Waals surface area contributed by atoms with Crippen LogP contribution in [0.25, 0.3) is 0 Å². The van der Waals surface area contributed by atoms with E-state index in [4.69, 9.17) is 5.73 Å². The molecule has 1 heterocycles. The van der Waals surface area contributed by atoms with Gasteiger partial charge in [-0.1, -0.05) is 6.07 Å². The zero-order chi connectivity index (χ0) is 16.9. The van der Waals surface area contributed by atoms with Crippen LogP contribution in [-0.2, 0) is 19.6 Å². The third-order valence-electron chi connectivity index (χ3n) is 3.37. The normalized spacial score (nSPS) is 15.3. The SMILES string of the molecule is Cl.NCCCC(=O)Nc1cccc(S(=O)(=O)N2CCNC(=O)C2)c1. The van der Waals surface area contributed by atoms with Crippen LogP contribution < -0.4 is 16.4 Å². The molecule has 1 aromatic carbocycles. The van der Waals surface area contributed by atoms with E-state index in [-0.39, 0.29) is 55.2 Å². The Labute approximate surface area is 147 Å². The predicted molar refractivity (Wildman–Crippen MR) is 92.4 cm³/mol. The highest BCUT2D eigenvalue weighted by molar-refractivity contribution is 7.89. The number of nitrogens with one attached hydrogen (secondary N) is 2. The Morgan fingerprint density at radius 3 is 2.79 bits per heavy atom. The number of hydrogen-bond donors (Lipinski definition) is 3. The van der Waals surface area contributed by atoms with E-state index in [2.05, 4.69) is 10.6 Å².